The molecule has 1 N–H and O–H groups in total. The van der Waals surface area contributed by atoms with Gasteiger partial charge in [-0.15, -0.1) is 5.10 Å². The molecule has 0 saturated carbocycles. The molecular weight excluding hydrogens is 437 g/mol. The third kappa shape index (κ3) is 4.21. The maximum Gasteiger partial charge on any atom is 0.350 e. The van der Waals surface area contributed by atoms with Gasteiger partial charge in [0, 0.05) is 49.9 Å². The van der Waals surface area contributed by atoms with Crippen LogP contribution in [0, 0.1) is 12.7 Å². The number of hydrogen-bond donors (Lipinski definition) is 1. The highest BCUT2D eigenvalue weighted by molar-refractivity contribution is 5.90. The van der Waals surface area contributed by atoms with Crippen LogP contribution in [0.4, 0.5) is 21.6 Å². The molecular formula is C24H24FN7O2. The van der Waals surface area contributed by atoms with Crippen molar-refractivity contribution in [1.29, 1.82) is 0 Å². The van der Waals surface area contributed by atoms with Crippen LogP contribution < -0.4 is 20.8 Å². The molecule has 1 fully saturated rings. The summed E-state index contributed by atoms with van der Waals surface area (Å²) in [7, 11) is 0. The van der Waals surface area contributed by atoms with E-state index in [-0.39, 0.29) is 6.54 Å². The van der Waals surface area contributed by atoms with Gasteiger partial charge in [0.25, 0.3) is 0 Å². The van der Waals surface area contributed by atoms with Crippen molar-refractivity contribution in [2.75, 3.05) is 41.3 Å². The second-order valence-electron chi connectivity index (χ2n) is 8.20. The molecule has 9 nitrogen and oxygen atoms in total. The van der Waals surface area contributed by atoms with Crippen molar-refractivity contribution in [3.05, 3.63) is 82.8 Å². The molecule has 5 rings (SSSR count). The quantitative estimate of drug-likeness (QED) is 0.491. The van der Waals surface area contributed by atoms with Crippen molar-refractivity contribution >= 4 is 28.7 Å². The van der Waals surface area contributed by atoms with E-state index < -0.39 is 17.4 Å². The van der Waals surface area contributed by atoms with Crippen molar-refractivity contribution in [3.8, 4) is 0 Å². The lowest BCUT2D eigenvalue weighted by Gasteiger charge is -2.37. The van der Waals surface area contributed by atoms with E-state index in [0.29, 0.717) is 17.2 Å². The number of halogens is 1. The van der Waals surface area contributed by atoms with Gasteiger partial charge in [-0.05, 0) is 42.8 Å². The molecule has 10 heteroatoms. The van der Waals surface area contributed by atoms with Gasteiger partial charge in [0.1, 0.15) is 12.4 Å². The lowest BCUT2D eigenvalue weighted by molar-refractivity contribution is -0.117. The molecule has 1 aliphatic heterocycles. The first-order valence-corrected chi connectivity index (χ1v) is 11.0. The molecule has 1 aliphatic rings. The molecule has 174 valence electrons. The molecule has 0 spiro atoms. The van der Waals surface area contributed by atoms with Crippen LogP contribution in [0.25, 0.3) is 5.65 Å². The Balaban J connectivity index is 1.33. The van der Waals surface area contributed by atoms with Gasteiger partial charge in [-0.25, -0.2) is 23.3 Å². The fourth-order valence-corrected chi connectivity index (χ4v) is 4.21. The first-order valence-electron chi connectivity index (χ1n) is 11.0. The van der Waals surface area contributed by atoms with E-state index in [2.05, 4.69) is 44.3 Å². The molecule has 0 aliphatic carbocycles. The summed E-state index contributed by atoms with van der Waals surface area (Å²) in [6.07, 6.45) is 3.12. The van der Waals surface area contributed by atoms with Crippen molar-refractivity contribution in [2.24, 2.45) is 0 Å². The molecule has 0 unspecified atom stereocenters. The van der Waals surface area contributed by atoms with Gasteiger partial charge in [0.2, 0.25) is 11.6 Å². The van der Waals surface area contributed by atoms with Crippen molar-refractivity contribution < 1.29 is 9.18 Å². The predicted octanol–water partition coefficient (Wildman–Crippen LogP) is 2.30. The maximum atomic E-state index is 13.1. The number of nitrogens with zero attached hydrogens (tertiary/aromatic N) is 6. The summed E-state index contributed by atoms with van der Waals surface area (Å²) in [5.41, 5.74) is 2.89. The second-order valence-corrected chi connectivity index (χ2v) is 8.20. The summed E-state index contributed by atoms with van der Waals surface area (Å²) < 4.78 is 15.6. The highest BCUT2D eigenvalue weighted by Crippen LogP contribution is 2.23. The number of aryl methyl sites for hydroxylation is 1. The number of para-hydroxylation sites is 1. The number of amides is 1. The highest BCUT2D eigenvalue weighted by Gasteiger charge is 2.23. The van der Waals surface area contributed by atoms with Gasteiger partial charge in [0.05, 0.1) is 0 Å². The van der Waals surface area contributed by atoms with Crippen LogP contribution in [-0.4, -0.2) is 51.3 Å². The Morgan fingerprint density at radius 3 is 2.47 bits per heavy atom. The Bertz CT molecular complexity index is 1390. The average Bonchev–Trinajstić information content (AvgIpc) is 3.16. The molecule has 0 radical (unpaired) electrons. The smallest absolute Gasteiger partial charge is 0.350 e. The van der Waals surface area contributed by atoms with Gasteiger partial charge in [-0.2, -0.15) is 0 Å². The highest BCUT2D eigenvalue weighted by atomic mass is 19.1. The fraction of sp³-hybridized carbons (Fsp3) is 0.250. The van der Waals surface area contributed by atoms with E-state index in [0.717, 1.165) is 30.9 Å². The number of carbonyl (C=O) groups is 1. The van der Waals surface area contributed by atoms with Crippen LogP contribution in [0.15, 0.2) is 65.7 Å². The SMILES string of the molecule is Cc1ccccc1N1CCN(c2nccn3c(=O)n(CC(=O)Nc4ccc(F)cc4)nc23)CC1. The summed E-state index contributed by atoms with van der Waals surface area (Å²) in [5, 5.41) is 7.05. The monoisotopic (exact) mass is 461 g/mol. The maximum absolute atomic E-state index is 13.1. The molecule has 4 aromatic rings. The standard InChI is InChI=1S/C24H24FN7O2/c1-17-4-2-3-5-20(17)29-12-14-30(15-13-29)22-23-28-32(24(34)31(23)11-10-26-22)16-21(33)27-19-8-6-18(25)7-9-19/h2-11H,12-16H2,1H3,(H,27,33). The summed E-state index contributed by atoms with van der Waals surface area (Å²) in [4.78, 5) is 34.2. The summed E-state index contributed by atoms with van der Waals surface area (Å²) in [6, 6.07) is 13.7. The zero-order chi connectivity index (χ0) is 23.7. The summed E-state index contributed by atoms with van der Waals surface area (Å²) in [6.45, 7) is 4.94. The van der Waals surface area contributed by atoms with E-state index in [1.807, 2.05) is 12.1 Å². The van der Waals surface area contributed by atoms with Crippen LogP contribution in [0.3, 0.4) is 0 Å². The predicted molar refractivity (Wildman–Crippen MR) is 128 cm³/mol. The van der Waals surface area contributed by atoms with Crippen LogP contribution in [-0.2, 0) is 11.3 Å². The van der Waals surface area contributed by atoms with Gasteiger partial charge < -0.3 is 15.1 Å². The zero-order valence-electron chi connectivity index (χ0n) is 18.7. The van der Waals surface area contributed by atoms with E-state index in [1.54, 1.807) is 12.4 Å². The Morgan fingerprint density at radius 2 is 1.74 bits per heavy atom. The van der Waals surface area contributed by atoms with Gasteiger partial charge in [-0.3, -0.25) is 4.79 Å². The largest absolute Gasteiger partial charge is 0.368 e. The first-order chi connectivity index (χ1) is 16.5. The molecule has 2 aromatic heterocycles. The molecule has 1 amide bonds. The summed E-state index contributed by atoms with van der Waals surface area (Å²) in [5.74, 6) is -0.213. The summed E-state index contributed by atoms with van der Waals surface area (Å²) >= 11 is 0. The Kier molecular flexibility index (Phi) is 5.70. The number of hydrogen-bond acceptors (Lipinski definition) is 6. The van der Waals surface area contributed by atoms with Gasteiger partial charge >= 0.3 is 5.69 Å². The number of fused-ring (bicyclic) bond motifs is 1. The number of piperazine rings is 1. The van der Waals surface area contributed by atoms with Crippen LogP contribution >= 0.6 is 0 Å². The van der Waals surface area contributed by atoms with Crippen molar-refractivity contribution in [1.82, 2.24) is 19.2 Å². The van der Waals surface area contributed by atoms with Crippen molar-refractivity contribution in [3.63, 3.8) is 0 Å². The Hall–Kier alpha value is -4.21. The van der Waals surface area contributed by atoms with E-state index in [1.165, 1.54) is 39.9 Å². The third-order valence-corrected chi connectivity index (χ3v) is 5.94. The van der Waals surface area contributed by atoms with Gasteiger partial charge in [-0.1, -0.05) is 18.2 Å². The number of aromatic nitrogens is 4. The van der Waals surface area contributed by atoms with Crippen molar-refractivity contribution in [2.45, 2.75) is 13.5 Å². The van der Waals surface area contributed by atoms with Gasteiger partial charge in [0.15, 0.2) is 5.82 Å². The lowest BCUT2D eigenvalue weighted by atomic mass is 10.1. The lowest BCUT2D eigenvalue weighted by Crippen LogP contribution is -2.47. The Labute approximate surface area is 195 Å². The number of nitrogens with one attached hydrogen (secondary N) is 1. The normalized spacial score (nSPS) is 13.9. The third-order valence-electron chi connectivity index (χ3n) is 5.94. The van der Waals surface area contributed by atoms with E-state index in [9.17, 15) is 14.0 Å². The molecule has 3 heterocycles. The molecule has 0 bridgehead atoms. The molecule has 34 heavy (non-hydrogen) atoms. The topological polar surface area (TPSA) is 87.8 Å². The number of rotatable bonds is 5. The number of benzene rings is 2. The molecule has 1 saturated heterocycles. The zero-order valence-corrected chi connectivity index (χ0v) is 18.7. The first kappa shape index (κ1) is 21.6. The minimum absolute atomic E-state index is 0.265. The minimum atomic E-state index is -0.432. The average molecular weight is 462 g/mol. The number of anilines is 3. The number of carbonyl (C=O) groups excluding carboxylic acids is 1. The van der Waals surface area contributed by atoms with E-state index >= 15 is 0 Å². The second kappa shape index (κ2) is 8.97. The minimum Gasteiger partial charge on any atom is -0.368 e. The molecule has 2 aromatic carbocycles. The Morgan fingerprint density at radius 1 is 1.03 bits per heavy atom. The fourth-order valence-electron chi connectivity index (χ4n) is 4.21. The molecule has 0 atom stereocenters. The van der Waals surface area contributed by atoms with Crippen LogP contribution in [0.1, 0.15) is 5.56 Å². The van der Waals surface area contributed by atoms with E-state index in [4.69, 9.17) is 0 Å². The van der Waals surface area contributed by atoms with Crippen LogP contribution in [0.2, 0.25) is 0 Å². The van der Waals surface area contributed by atoms with Crippen LogP contribution in [0.5, 0.6) is 0 Å².